The normalized spacial score (nSPS) is 11.5. The van der Waals surface area contributed by atoms with Crippen LogP contribution in [0.3, 0.4) is 0 Å². The van der Waals surface area contributed by atoms with Gasteiger partial charge in [0, 0.05) is 50.7 Å². The van der Waals surface area contributed by atoms with Crippen molar-refractivity contribution in [2.75, 3.05) is 0 Å². The Balaban J connectivity index is 1.21. The molecule has 0 saturated carbocycles. The monoisotopic (exact) mass is 692 g/mol. The molecule has 0 N–H and O–H groups in total. The Morgan fingerprint density at radius 1 is 0.612 bits per heavy atom. The molecule has 6 aromatic carbocycles. The lowest BCUT2D eigenvalue weighted by Crippen LogP contribution is -1.98. The van der Waals surface area contributed by atoms with E-state index in [1.165, 1.54) is 43.7 Å². The predicted octanol–water partition coefficient (Wildman–Crippen LogP) is 11.9. The van der Waals surface area contributed by atoms with E-state index in [9.17, 15) is 5.26 Å². The Kier molecular flexibility index (Phi) is 6.93. The zero-order valence-electron chi connectivity index (χ0n) is 26.7. The number of hydrogen-bond acceptors (Lipinski definition) is 2. The van der Waals surface area contributed by atoms with Gasteiger partial charge in [-0.25, -0.2) is 0 Å². The molecule has 0 aliphatic carbocycles. The molecule has 0 aliphatic rings. The minimum absolute atomic E-state index is 0.635. The predicted molar refractivity (Wildman–Crippen MR) is 206 cm³/mol. The van der Waals surface area contributed by atoms with Gasteiger partial charge in [-0.2, -0.15) is 5.26 Å². The number of rotatable bonds is 5. The van der Waals surface area contributed by atoms with E-state index in [0.29, 0.717) is 5.56 Å². The smallest absolute Gasteiger partial charge is 0.101 e. The summed E-state index contributed by atoms with van der Waals surface area (Å²) in [6.45, 7) is 3.03. The number of nitrogens with zero attached hydrogens (tertiary/aromatic N) is 4. The van der Waals surface area contributed by atoms with E-state index >= 15 is 0 Å². The van der Waals surface area contributed by atoms with Gasteiger partial charge >= 0.3 is 0 Å². The van der Waals surface area contributed by atoms with Crippen molar-refractivity contribution < 1.29 is 0 Å². The molecule has 0 radical (unpaired) electrons. The summed E-state index contributed by atoms with van der Waals surface area (Å²) >= 11 is 3.87. The van der Waals surface area contributed by atoms with Gasteiger partial charge in [-0.1, -0.05) is 107 Å². The van der Waals surface area contributed by atoms with E-state index in [2.05, 4.69) is 170 Å². The van der Waals surface area contributed by atoms with Gasteiger partial charge in [0.25, 0.3) is 0 Å². The fourth-order valence-corrected chi connectivity index (χ4v) is 8.16. The van der Waals surface area contributed by atoms with Gasteiger partial charge in [0.2, 0.25) is 0 Å². The molecule has 0 saturated heterocycles. The lowest BCUT2D eigenvalue weighted by atomic mass is 9.94. The number of benzene rings is 6. The first kappa shape index (κ1) is 29.2. The van der Waals surface area contributed by atoms with Crippen LogP contribution in [0, 0.1) is 11.3 Å². The Hall–Kier alpha value is -5.96. The highest BCUT2D eigenvalue weighted by atomic mass is 79.9. The second-order valence-corrected chi connectivity index (χ2v) is 13.1. The molecule has 0 aliphatic heterocycles. The summed E-state index contributed by atoms with van der Waals surface area (Å²) in [4.78, 5) is 4.32. The molecule has 3 heterocycles. The number of aryl methyl sites for hydroxylation is 1. The lowest BCUT2D eigenvalue weighted by Gasteiger charge is -2.13. The van der Waals surface area contributed by atoms with Crippen LogP contribution in [0.5, 0.6) is 0 Å². The molecule has 0 fully saturated rings. The van der Waals surface area contributed by atoms with Crippen molar-refractivity contribution in [2.24, 2.45) is 0 Å². The van der Waals surface area contributed by atoms with Crippen molar-refractivity contribution in [3.05, 3.63) is 156 Å². The number of hydrogen-bond donors (Lipinski definition) is 0. The van der Waals surface area contributed by atoms with Crippen LogP contribution < -0.4 is 0 Å². The standard InChI is InChI=1S/C44H29BrN4/c1-2-48-41-26-37(45)33-9-3-4-12-36(33)43(41)42(44(48)30-21-23-47-24-22-30)29-17-15-28(16-18-29)31-19-20-38(32(25-31)27-46)49-39-13-7-5-10-34(39)35-11-6-8-14-40(35)49/h3-26H,2H2,1H3. The van der Waals surface area contributed by atoms with Crippen molar-refractivity contribution in [1.29, 1.82) is 5.26 Å². The Labute approximate surface area is 292 Å². The molecule has 49 heavy (non-hydrogen) atoms. The third-order valence-corrected chi connectivity index (χ3v) is 10.4. The molecule has 0 spiro atoms. The van der Waals surface area contributed by atoms with Gasteiger partial charge in [-0.05, 0) is 76.9 Å². The van der Waals surface area contributed by atoms with E-state index in [4.69, 9.17) is 0 Å². The summed E-state index contributed by atoms with van der Waals surface area (Å²) < 4.78 is 5.71. The van der Waals surface area contributed by atoms with E-state index in [-0.39, 0.29) is 0 Å². The molecule has 0 amide bonds. The van der Waals surface area contributed by atoms with Crippen LogP contribution in [0.2, 0.25) is 0 Å². The Bertz CT molecular complexity index is 2710. The number of pyridine rings is 1. The molecule has 3 aromatic heterocycles. The van der Waals surface area contributed by atoms with Crippen LogP contribution in [0.25, 0.3) is 82.7 Å². The van der Waals surface area contributed by atoms with Crippen LogP contribution in [-0.2, 0) is 6.54 Å². The van der Waals surface area contributed by atoms with Gasteiger partial charge in [-0.15, -0.1) is 0 Å². The summed E-state index contributed by atoms with van der Waals surface area (Å²) in [5.41, 5.74) is 11.6. The summed E-state index contributed by atoms with van der Waals surface area (Å²) in [6.07, 6.45) is 3.73. The molecular formula is C44H29BrN4. The van der Waals surface area contributed by atoms with Gasteiger partial charge in [0.15, 0.2) is 0 Å². The maximum Gasteiger partial charge on any atom is 0.101 e. The number of aromatic nitrogens is 3. The molecule has 9 aromatic rings. The number of para-hydroxylation sites is 2. The first-order valence-corrected chi connectivity index (χ1v) is 17.2. The number of halogens is 1. The summed E-state index contributed by atoms with van der Waals surface area (Å²) in [5.74, 6) is 0. The second-order valence-electron chi connectivity index (χ2n) is 12.3. The van der Waals surface area contributed by atoms with Crippen molar-refractivity contribution in [2.45, 2.75) is 13.5 Å². The maximum atomic E-state index is 10.4. The zero-order valence-corrected chi connectivity index (χ0v) is 28.3. The molecule has 0 bridgehead atoms. The Morgan fingerprint density at radius 2 is 1.20 bits per heavy atom. The topological polar surface area (TPSA) is 46.5 Å². The molecule has 232 valence electrons. The molecular weight excluding hydrogens is 664 g/mol. The highest BCUT2D eigenvalue weighted by molar-refractivity contribution is 9.10. The van der Waals surface area contributed by atoms with Crippen LogP contribution in [0.15, 0.2) is 150 Å². The van der Waals surface area contributed by atoms with Crippen molar-refractivity contribution >= 4 is 59.4 Å². The largest absolute Gasteiger partial charge is 0.340 e. The van der Waals surface area contributed by atoms with Crippen molar-refractivity contribution in [3.8, 4) is 45.3 Å². The van der Waals surface area contributed by atoms with Gasteiger partial charge < -0.3 is 9.13 Å². The first-order chi connectivity index (χ1) is 24.2. The van der Waals surface area contributed by atoms with E-state index < -0.39 is 0 Å². The van der Waals surface area contributed by atoms with Gasteiger partial charge in [-0.3, -0.25) is 4.98 Å². The molecule has 4 nitrogen and oxygen atoms in total. The van der Waals surface area contributed by atoms with E-state index in [0.717, 1.165) is 50.0 Å². The maximum absolute atomic E-state index is 10.4. The summed E-state index contributed by atoms with van der Waals surface area (Å²) in [6, 6.07) is 49.4. The molecule has 0 atom stereocenters. The van der Waals surface area contributed by atoms with Crippen molar-refractivity contribution in [3.63, 3.8) is 0 Å². The minimum Gasteiger partial charge on any atom is -0.340 e. The third-order valence-electron chi connectivity index (χ3n) is 9.74. The quantitative estimate of drug-likeness (QED) is 0.180. The zero-order chi connectivity index (χ0) is 33.1. The molecule has 0 unspecified atom stereocenters. The van der Waals surface area contributed by atoms with Crippen LogP contribution in [0.1, 0.15) is 12.5 Å². The van der Waals surface area contributed by atoms with Crippen LogP contribution >= 0.6 is 15.9 Å². The second kappa shape index (κ2) is 11.6. The fourth-order valence-electron chi connectivity index (χ4n) is 7.60. The van der Waals surface area contributed by atoms with E-state index in [1.54, 1.807) is 0 Å². The van der Waals surface area contributed by atoms with Crippen molar-refractivity contribution in [1.82, 2.24) is 14.1 Å². The minimum atomic E-state index is 0.635. The molecule has 9 rings (SSSR count). The highest BCUT2D eigenvalue weighted by Crippen LogP contribution is 2.46. The average Bonchev–Trinajstić information content (AvgIpc) is 3.68. The van der Waals surface area contributed by atoms with Crippen LogP contribution in [0.4, 0.5) is 0 Å². The lowest BCUT2D eigenvalue weighted by molar-refractivity contribution is 0.806. The summed E-state index contributed by atoms with van der Waals surface area (Å²) in [5, 5.41) is 16.4. The first-order valence-electron chi connectivity index (χ1n) is 16.4. The average molecular weight is 694 g/mol. The molecule has 5 heteroatoms. The van der Waals surface area contributed by atoms with E-state index in [1.807, 2.05) is 18.5 Å². The highest BCUT2D eigenvalue weighted by Gasteiger charge is 2.23. The van der Waals surface area contributed by atoms with Gasteiger partial charge in [0.05, 0.1) is 33.5 Å². The third kappa shape index (κ3) is 4.53. The number of nitriles is 1. The fraction of sp³-hybridized carbons (Fsp3) is 0.0455. The van der Waals surface area contributed by atoms with Crippen LogP contribution in [-0.4, -0.2) is 14.1 Å². The summed E-state index contributed by atoms with van der Waals surface area (Å²) in [7, 11) is 0. The Morgan fingerprint density at radius 3 is 1.86 bits per heavy atom. The SMILES string of the molecule is CCn1c(-c2ccncc2)c(-c2ccc(-c3ccc(-n4c5ccccc5c5ccccc54)c(C#N)c3)cc2)c2c3ccccc3c(Br)cc21. The number of fused-ring (bicyclic) bond motifs is 6. The van der Waals surface area contributed by atoms with Gasteiger partial charge in [0.1, 0.15) is 6.07 Å².